The summed E-state index contributed by atoms with van der Waals surface area (Å²) < 4.78 is 5.64. The number of hydrogen-bond acceptors (Lipinski definition) is 6. The van der Waals surface area contributed by atoms with Crippen molar-refractivity contribution in [2.24, 2.45) is 5.73 Å². The Kier molecular flexibility index (Phi) is 5.60. The van der Waals surface area contributed by atoms with Crippen LogP contribution in [0.2, 0.25) is 0 Å². The first-order chi connectivity index (χ1) is 12.1. The number of ether oxygens (including phenoxy) is 1. The molecule has 25 heavy (non-hydrogen) atoms. The molecule has 1 aromatic carbocycles. The lowest BCUT2D eigenvalue weighted by Gasteiger charge is -2.32. The number of nitrogens with two attached hydrogens (primary N) is 1. The summed E-state index contributed by atoms with van der Waals surface area (Å²) in [5.41, 5.74) is 7.08. The number of likely N-dealkylation sites (N-methyl/N-ethyl adjacent to an activating group) is 1. The molecule has 0 atom stereocenters. The smallest absolute Gasteiger partial charge is 0.136 e. The molecule has 1 fully saturated rings. The van der Waals surface area contributed by atoms with Crippen molar-refractivity contribution in [3.05, 3.63) is 24.4 Å². The summed E-state index contributed by atoms with van der Waals surface area (Å²) in [7, 11) is 5.87. The van der Waals surface area contributed by atoms with Crippen LogP contribution in [0.1, 0.15) is 12.8 Å². The maximum atomic E-state index is 6.06. The Morgan fingerprint density at radius 1 is 1.32 bits per heavy atom. The lowest BCUT2D eigenvalue weighted by Crippen LogP contribution is -2.40. The Morgan fingerprint density at radius 3 is 2.76 bits per heavy atom. The van der Waals surface area contributed by atoms with Gasteiger partial charge in [-0.05, 0) is 33.0 Å². The molecule has 1 aliphatic heterocycles. The number of nitrogens with one attached hydrogen (secondary N) is 1. The van der Waals surface area contributed by atoms with E-state index in [0.717, 1.165) is 67.0 Å². The van der Waals surface area contributed by atoms with Crippen molar-refractivity contribution in [3.63, 3.8) is 0 Å². The number of rotatable bonds is 6. The van der Waals surface area contributed by atoms with E-state index in [2.05, 4.69) is 35.3 Å². The molecule has 0 saturated carbocycles. The molecule has 0 spiro atoms. The highest BCUT2D eigenvalue weighted by atomic mass is 16.5. The molecule has 0 amide bonds. The number of hydrogen-bond donors (Lipinski definition) is 2. The Morgan fingerprint density at radius 2 is 2.08 bits per heavy atom. The number of nitrogens with zero attached hydrogens (tertiary/aromatic N) is 3. The van der Waals surface area contributed by atoms with E-state index in [1.807, 2.05) is 18.3 Å². The highest BCUT2D eigenvalue weighted by molar-refractivity contribution is 6.04. The SMILES string of the molecule is COc1cccc2c(N3CCC(N)CC3)ncc(NCCN(C)C)c12. The van der Waals surface area contributed by atoms with Crippen LogP contribution >= 0.6 is 0 Å². The molecule has 0 bridgehead atoms. The minimum atomic E-state index is 0.309. The Balaban J connectivity index is 1.97. The fraction of sp³-hybridized carbons (Fsp3) is 0.526. The van der Waals surface area contributed by atoms with Crippen molar-refractivity contribution in [3.8, 4) is 5.75 Å². The molecular weight excluding hydrogens is 314 g/mol. The molecular formula is C19H29N5O. The highest BCUT2D eigenvalue weighted by Gasteiger charge is 2.21. The van der Waals surface area contributed by atoms with Gasteiger partial charge in [-0.2, -0.15) is 0 Å². The van der Waals surface area contributed by atoms with E-state index in [4.69, 9.17) is 15.5 Å². The summed E-state index contributed by atoms with van der Waals surface area (Å²) in [5.74, 6) is 1.90. The van der Waals surface area contributed by atoms with Gasteiger partial charge in [-0.25, -0.2) is 4.98 Å². The van der Waals surface area contributed by atoms with Gasteiger partial charge in [0.1, 0.15) is 11.6 Å². The zero-order valence-corrected chi connectivity index (χ0v) is 15.5. The number of piperidine rings is 1. The van der Waals surface area contributed by atoms with Gasteiger partial charge in [0, 0.05) is 37.6 Å². The first kappa shape index (κ1) is 17.8. The van der Waals surface area contributed by atoms with E-state index in [-0.39, 0.29) is 0 Å². The van der Waals surface area contributed by atoms with Gasteiger partial charge < -0.3 is 25.6 Å². The second-order valence-corrected chi connectivity index (χ2v) is 6.93. The quantitative estimate of drug-likeness (QED) is 0.838. The largest absolute Gasteiger partial charge is 0.496 e. The average Bonchev–Trinajstić information content (AvgIpc) is 2.62. The van der Waals surface area contributed by atoms with Crippen molar-refractivity contribution in [1.29, 1.82) is 0 Å². The predicted octanol–water partition coefficient (Wildman–Crippen LogP) is 2.14. The normalized spacial score (nSPS) is 15.8. The van der Waals surface area contributed by atoms with Crippen molar-refractivity contribution in [2.75, 3.05) is 57.6 Å². The monoisotopic (exact) mass is 343 g/mol. The number of benzene rings is 1. The highest BCUT2D eigenvalue weighted by Crippen LogP contribution is 2.37. The van der Waals surface area contributed by atoms with E-state index >= 15 is 0 Å². The van der Waals surface area contributed by atoms with Crippen LogP contribution in [0.15, 0.2) is 24.4 Å². The molecule has 2 heterocycles. The van der Waals surface area contributed by atoms with Crippen molar-refractivity contribution >= 4 is 22.3 Å². The number of anilines is 2. The molecule has 6 heteroatoms. The third-order valence-electron chi connectivity index (χ3n) is 4.79. The van der Waals surface area contributed by atoms with Crippen LogP contribution in [0.3, 0.4) is 0 Å². The Bertz CT molecular complexity index is 710. The van der Waals surface area contributed by atoms with E-state index in [9.17, 15) is 0 Å². The molecule has 136 valence electrons. The maximum absolute atomic E-state index is 6.06. The minimum Gasteiger partial charge on any atom is -0.496 e. The Hall–Kier alpha value is -2.05. The zero-order chi connectivity index (χ0) is 17.8. The van der Waals surface area contributed by atoms with Crippen LogP contribution in [-0.4, -0.2) is 63.3 Å². The van der Waals surface area contributed by atoms with Gasteiger partial charge in [-0.15, -0.1) is 0 Å². The van der Waals surface area contributed by atoms with Gasteiger partial charge in [0.15, 0.2) is 0 Å². The lowest BCUT2D eigenvalue weighted by atomic mass is 10.0. The fourth-order valence-corrected chi connectivity index (χ4v) is 3.34. The van der Waals surface area contributed by atoms with Crippen LogP contribution in [0.4, 0.5) is 11.5 Å². The molecule has 3 rings (SSSR count). The number of methoxy groups -OCH3 is 1. The molecule has 1 aliphatic rings. The van der Waals surface area contributed by atoms with Crippen LogP contribution in [0, 0.1) is 0 Å². The first-order valence-corrected chi connectivity index (χ1v) is 8.95. The van der Waals surface area contributed by atoms with Crippen LogP contribution < -0.4 is 20.7 Å². The van der Waals surface area contributed by atoms with Crippen LogP contribution in [-0.2, 0) is 0 Å². The van der Waals surface area contributed by atoms with E-state index in [1.54, 1.807) is 7.11 Å². The fourth-order valence-electron chi connectivity index (χ4n) is 3.34. The third-order valence-corrected chi connectivity index (χ3v) is 4.79. The van der Waals surface area contributed by atoms with E-state index in [0.29, 0.717) is 6.04 Å². The van der Waals surface area contributed by atoms with Gasteiger partial charge >= 0.3 is 0 Å². The summed E-state index contributed by atoms with van der Waals surface area (Å²) in [4.78, 5) is 9.28. The van der Waals surface area contributed by atoms with Crippen molar-refractivity contribution < 1.29 is 4.74 Å². The number of fused-ring (bicyclic) bond motifs is 1. The van der Waals surface area contributed by atoms with Crippen LogP contribution in [0.25, 0.3) is 10.8 Å². The number of pyridine rings is 1. The zero-order valence-electron chi connectivity index (χ0n) is 15.5. The predicted molar refractivity (Wildman–Crippen MR) is 105 cm³/mol. The summed E-state index contributed by atoms with van der Waals surface area (Å²) in [6, 6.07) is 6.48. The van der Waals surface area contributed by atoms with Gasteiger partial charge in [0.05, 0.1) is 24.4 Å². The average molecular weight is 343 g/mol. The van der Waals surface area contributed by atoms with Crippen molar-refractivity contribution in [1.82, 2.24) is 9.88 Å². The molecule has 0 radical (unpaired) electrons. The molecule has 0 aliphatic carbocycles. The summed E-state index contributed by atoms with van der Waals surface area (Å²) in [5, 5.41) is 5.74. The molecule has 0 unspecified atom stereocenters. The Labute approximate surface area is 149 Å². The van der Waals surface area contributed by atoms with E-state index in [1.165, 1.54) is 0 Å². The molecule has 3 N–H and O–H groups in total. The molecule has 2 aromatic rings. The second-order valence-electron chi connectivity index (χ2n) is 6.93. The van der Waals surface area contributed by atoms with Gasteiger partial charge in [0.25, 0.3) is 0 Å². The van der Waals surface area contributed by atoms with E-state index < -0.39 is 0 Å². The van der Waals surface area contributed by atoms with Crippen molar-refractivity contribution in [2.45, 2.75) is 18.9 Å². The standard InChI is InChI=1S/C19H29N5O/c1-23(2)12-9-21-16-13-22-19(24-10-7-14(20)8-11-24)15-5-4-6-17(25-3)18(15)16/h4-6,13-14,21H,7-12,20H2,1-3H3. The third kappa shape index (κ3) is 3.96. The minimum absolute atomic E-state index is 0.309. The number of aromatic nitrogens is 1. The molecule has 1 aromatic heterocycles. The van der Waals surface area contributed by atoms with Gasteiger partial charge in [-0.3, -0.25) is 0 Å². The molecule has 1 saturated heterocycles. The summed E-state index contributed by atoms with van der Waals surface area (Å²) in [6.07, 6.45) is 3.95. The van der Waals surface area contributed by atoms with Gasteiger partial charge in [-0.1, -0.05) is 12.1 Å². The molecule has 6 nitrogen and oxygen atoms in total. The maximum Gasteiger partial charge on any atom is 0.136 e. The van der Waals surface area contributed by atoms with Crippen LogP contribution in [0.5, 0.6) is 5.75 Å². The van der Waals surface area contributed by atoms with Gasteiger partial charge in [0.2, 0.25) is 0 Å². The summed E-state index contributed by atoms with van der Waals surface area (Å²) >= 11 is 0. The first-order valence-electron chi connectivity index (χ1n) is 8.95. The second kappa shape index (κ2) is 7.89. The topological polar surface area (TPSA) is 66.7 Å². The summed E-state index contributed by atoms with van der Waals surface area (Å²) in [6.45, 7) is 3.73. The lowest BCUT2D eigenvalue weighted by molar-refractivity contribution is 0.419.